The van der Waals surface area contributed by atoms with Crippen molar-refractivity contribution in [1.82, 2.24) is 10.3 Å². The van der Waals surface area contributed by atoms with Gasteiger partial charge in [0.2, 0.25) is 5.91 Å². The number of carbonyl (C=O) groups excluding carboxylic acids is 1. The predicted octanol–water partition coefficient (Wildman–Crippen LogP) is 2.79. The second-order valence-corrected chi connectivity index (χ2v) is 6.93. The first kappa shape index (κ1) is 13.1. The van der Waals surface area contributed by atoms with E-state index in [9.17, 15) is 4.79 Å². The molecule has 110 valence electrons. The molecule has 0 aromatic carbocycles. The molecule has 0 unspecified atom stereocenters. The Hall–Kier alpha value is -1.62. The molecule has 21 heavy (non-hydrogen) atoms. The van der Waals surface area contributed by atoms with Crippen LogP contribution in [0.25, 0.3) is 10.2 Å². The molecule has 0 bridgehead atoms. The van der Waals surface area contributed by atoms with E-state index >= 15 is 0 Å². The zero-order valence-corrected chi connectivity index (χ0v) is 12.7. The summed E-state index contributed by atoms with van der Waals surface area (Å²) in [4.78, 5) is 18.9. The van der Waals surface area contributed by atoms with Crippen LogP contribution in [0.15, 0.2) is 23.7 Å². The molecular weight excluding hydrogens is 282 g/mol. The molecule has 1 saturated heterocycles. The van der Waals surface area contributed by atoms with E-state index in [4.69, 9.17) is 0 Å². The fourth-order valence-electron chi connectivity index (χ4n) is 3.04. The normalized spacial score (nSPS) is 19.9. The summed E-state index contributed by atoms with van der Waals surface area (Å²) < 4.78 is 1.26. The van der Waals surface area contributed by atoms with E-state index in [1.54, 1.807) is 11.3 Å². The molecule has 1 N–H and O–H groups in total. The molecule has 1 amide bonds. The van der Waals surface area contributed by atoms with Crippen molar-refractivity contribution in [3.05, 3.63) is 23.7 Å². The van der Waals surface area contributed by atoms with Gasteiger partial charge in [0.1, 0.15) is 0 Å². The highest BCUT2D eigenvalue weighted by molar-refractivity contribution is 7.17. The summed E-state index contributed by atoms with van der Waals surface area (Å²) in [6.45, 7) is 1.92. The fourth-order valence-corrected chi connectivity index (χ4v) is 3.93. The number of rotatable bonds is 3. The third-order valence-electron chi connectivity index (χ3n) is 4.45. The number of fused-ring (bicyclic) bond motifs is 1. The number of amides is 1. The summed E-state index contributed by atoms with van der Waals surface area (Å²) in [6.07, 6.45) is 6.12. The van der Waals surface area contributed by atoms with Gasteiger partial charge in [0, 0.05) is 31.2 Å². The van der Waals surface area contributed by atoms with E-state index in [0.29, 0.717) is 6.04 Å². The number of carbonyl (C=O) groups is 1. The van der Waals surface area contributed by atoms with Gasteiger partial charge < -0.3 is 10.2 Å². The monoisotopic (exact) mass is 301 g/mol. The van der Waals surface area contributed by atoms with Crippen molar-refractivity contribution in [2.24, 2.45) is 5.92 Å². The summed E-state index contributed by atoms with van der Waals surface area (Å²) in [5.41, 5.74) is 2.35. The number of pyridine rings is 1. The molecule has 2 aromatic rings. The molecule has 1 aliphatic carbocycles. The molecule has 2 fully saturated rings. The van der Waals surface area contributed by atoms with Crippen LogP contribution in [0.3, 0.4) is 0 Å². The number of anilines is 1. The largest absolute Gasteiger partial charge is 0.370 e. The average Bonchev–Trinajstić information content (AvgIpc) is 3.20. The summed E-state index contributed by atoms with van der Waals surface area (Å²) in [7, 11) is 0. The molecular formula is C16H19N3OS. The van der Waals surface area contributed by atoms with Crippen molar-refractivity contribution in [3.8, 4) is 0 Å². The van der Waals surface area contributed by atoms with Crippen LogP contribution in [0.4, 0.5) is 5.69 Å². The van der Waals surface area contributed by atoms with Crippen LogP contribution >= 0.6 is 11.3 Å². The number of aromatic nitrogens is 1. The number of piperidine rings is 1. The van der Waals surface area contributed by atoms with Crippen molar-refractivity contribution >= 4 is 33.1 Å². The Balaban J connectivity index is 1.44. The maximum Gasteiger partial charge on any atom is 0.223 e. The van der Waals surface area contributed by atoms with E-state index in [1.165, 1.54) is 10.4 Å². The molecule has 4 rings (SSSR count). The fraction of sp³-hybridized carbons (Fsp3) is 0.500. The molecule has 5 heteroatoms. The first-order valence-electron chi connectivity index (χ1n) is 7.69. The van der Waals surface area contributed by atoms with E-state index in [1.807, 2.05) is 6.20 Å². The van der Waals surface area contributed by atoms with Gasteiger partial charge in [0.25, 0.3) is 0 Å². The number of nitrogens with zero attached hydrogens (tertiary/aromatic N) is 2. The Morgan fingerprint density at radius 2 is 2.05 bits per heavy atom. The lowest BCUT2D eigenvalue weighted by Crippen LogP contribution is -2.41. The second kappa shape index (κ2) is 5.30. The molecule has 0 spiro atoms. The lowest BCUT2D eigenvalue weighted by Gasteiger charge is -2.33. The number of hydrogen-bond acceptors (Lipinski definition) is 4. The Kier molecular flexibility index (Phi) is 3.30. The minimum atomic E-state index is 0.197. The summed E-state index contributed by atoms with van der Waals surface area (Å²) in [5, 5.41) is 5.23. The Morgan fingerprint density at radius 1 is 1.24 bits per heavy atom. The highest BCUT2D eigenvalue weighted by Crippen LogP contribution is 2.32. The summed E-state index contributed by atoms with van der Waals surface area (Å²) >= 11 is 1.75. The number of thiophene rings is 1. The van der Waals surface area contributed by atoms with Gasteiger partial charge in [-0.05, 0) is 43.2 Å². The highest BCUT2D eigenvalue weighted by atomic mass is 32.1. The van der Waals surface area contributed by atoms with Crippen molar-refractivity contribution in [3.63, 3.8) is 0 Å². The number of nitrogens with one attached hydrogen (secondary N) is 1. The Labute approximate surface area is 128 Å². The van der Waals surface area contributed by atoms with Gasteiger partial charge in [-0.1, -0.05) is 0 Å². The molecule has 0 radical (unpaired) electrons. The van der Waals surface area contributed by atoms with Gasteiger partial charge in [0.05, 0.1) is 15.9 Å². The van der Waals surface area contributed by atoms with Crippen LogP contribution in [-0.4, -0.2) is 30.0 Å². The standard InChI is InChI=1S/C16H19N3OS/c20-16(18-12-1-2-12)11-4-8-19(9-5-11)14-3-7-17-13-6-10-21-15(13)14/h3,6-7,10-12H,1-2,4-5,8-9H2,(H,18,20). The van der Waals surface area contributed by atoms with Gasteiger partial charge in [0.15, 0.2) is 0 Å². The summed E-state index contributed by atoms with van der Waals surface area (Å²) in [6, 6.07) is 4.64. The van der Waals surface area contributed by atoms with Gasteiger partial charge in [-0.15, -0.1) is 11.3 Å². The van der Waals surface area contributed by atoms with Crippen LogP contribution in [-0.2, 0) is 4.79 Å². The van der Waals surface area contributed by atoms with Crippen LogP contribution < -0.4 is 10.2 Å². The molecule has 2 aliphatic rings. The van der Waals surface area contributed by atoms with Crippen LogP contribution in [0.5, 0.6) is 0 Å². The van der Waals surface area contributed by atoms with Crippen LogP contribution in [0.1, 0.15) is 25.7 Å². The third kappa shape index (κ3) is 2.62. The number of hydrogen-bond donors (Lipinski definition) is 1. The Morgan fingerprint density at radius 3 is 2.81 bits per heavy atom. The van der Waals surface area contributed by atoms with E-state index in [0.717, 1.165) is 44.3 Å². The van der Waals surface area contributed by atoms with Gasteiger partial charge in [-0.25, -0.2) is 0 Å². The lowest BCUT2D eigenvalue weighted by atomic mass is 9.95. The lowest BCUT2D eigenvalue weighted by molar-refractivity contribution is -0.125. The maximum atomic E-state index is 12.1. The maximum absolute atomic E-state index is 12.1. The first-order chi connectivity index (χ1) is 10.3. The molecule has 4 nitrogen and oxygen atoms in total. The van der Waals surface area contributed by atoms with E-state index in [-0.39, 0.29) is 11.8 Å². The zero-order chi connectivity index (χ0) is 14.2. The SMILES string of the molecule is O=C(NC1CC1)C1CCN(c2ccnc3ccsc23)CC1. The third-order valence-corrected chi connectivity index (χ3v) is 5.38. The van der Waals surface area contributed by atoms with E-state index < -0.39 is 0 Å². The smallest absolute Gasteiger partial charge is 0.223 e. The topological polar surface area (TPSA) is 45.2 Å². The van der Waals surface area contributed by atoms with Crippen LogP contribution in [0.2, 0.25) is 0 Å². The molecule has 2 aromatic heterocycles. The van der Waals surface area contributed by atoms with Crippen molar-refractivity contribution in [2.45, 2.75) is 31.7 Å². The molecule has 0 atom stereocenters. The van der Waals surface area contributed by atoms with Crippen molar-refractivity contribution in [1.29, 1.82) is 0 Å². The molecule has 1 aliphatic heterocycles. The van der Waals surface area contributed by atoms with Gasteiger partial charge in [-0.2, -0.15) is 0 Å². The summed E-state index contributed by atoms with van der Waals surface area (Å²) in [5.74, 6) is 0.468. The molecule has 1 saturated carbocycles. The van der Waals surface area contributed by atoms with Gasteiger partial charge in [-0.3, -0.25) is 9.78 Å². The van der Waals surface area contributed by atoms with E-state index in [2.05, 4.69) is 32.7 Å². The van der Waals surface area contributed by atoms with Crippen LogP contribution in [0, 0.1) is 5.92 Å². The zero-order valence-electron chi connectivity index (χ0n) is 11.9. The van der Waals surface area contributed by atoms with Crippen molar-refractivity contribution < 1.29 is 4.79 Å². The highest BCUT2D eigenvalue weighted by Gasteiger charge is 2.30. The Bertz CT molecular complexity index is 656. The first-order valence-corrected chi connectivity index (χ1v) is 8.57. The van der Waals surface area contributed by atoms with Crippen molar-refractivity contribution in [2.75, 3.05) is 18.0 Å². The van der Waals surface area contributed by atoms with Gasteiger partial charge >= 0.3 is 0 Å². The average molecular weight is 301 g/mol. The predicted molar refractivity (Wildman–Crippen MR) is 85.7 cm³/mol. The minimum Gasteiger partial charge on any atom is -0.370 e. The quantitative estimate of drug-likeness (QED) is 0.948. The second-order valence-electron chi connectivity index (χ2n) is 6.01. The minimum absolute atomic E-state index is 0.197. The molecule has 3 heterocycles.